The van der Waals surface area contributed by atoms with Crippen LogP contribution in [-0.4, -0.2) is 42.0 Å². The van der Waals surface area contributed by atoms with Gasteiger partial charge >= 0.3 is 5.97 Å². The van der Waals surface area contributed by atoms with Crippen LogP contribution in [0.25, 0.3) is 23.1 Å². The molecule has 9 heteroatoms. The van der Waals surface area contributed by atoms with E-state index in [9.17, 15) is 9.18 Å². The molecule has 2 aromatic heterocycles. The van der Waals surface area contributed by atoms with Gasteiger partial charge in [-0.1, -0.05) is 43.5 Å². The Morgan fingerprint density at radius 1 is 1.11 bits per heavy atom. The van der Waals surface area contributed by atoms with Crippen molar-refractivity contribution in [2.75, 3.05) is 13.2 Å². The lowest BCUT2D eigenvalue weighted by Crippen LogP contribution is -2.22. The highest BCUT2D eigenvalue weighted by Crippen LogP contribution is 2.35. The third kappa shape index (κ3) is 7.18. The lowest BCUT2D eigenvalue weighted by Gasteiger charge is -2.15. The zero-order chi connectivity index (χ0) is 27.1. The Labute approximate surface area is 227 Å². The number of hydrogen-bond donors (Lipinski definition) is 0. The topological polar surface area (TPSA) is 66.2 Å². The Bertz CT molecular complexity index is 1430. The Hall–Kier alpha value is -3.27. The zero-order valence-corrected chi connectivity index (χ0v) is 23.9. The van der Waals surface area contributed by atoms with E-state index in [0.29, 0.717) is 13.3 Å². The lowest BCUT2D eigenvalue weighted by molar-refractivity contribution is 0.0521. The van der Waals surface area contributed by atoms with Crippen LogP contribution < -0.4 is 0 Å². The third-order valence-electron chi connectivity index (χ3n) is 5.74. The summed E-state index contributed by atoms with van der Waals surface area (Å²) in [6.07, 6.45) is 5.61. The van der Waals surface area contributed by atoms with Gasteiger partial charge in [0.05, 0.1) is 34.0 Å². The van der Waals surface area contributed by atoms with Crippen LogP contribution in [0.4, 0.5) is 4.39 Å². The SMILES string of the molecule is CCOC(=O)c1cccc(F)c1Sc1ccc2c(/C=C/c3ccccn3)nn(COCC[Si](C)(C)C)c2c1. The number of rotatable bonds is 11. The fourth-order valence-corrected chi connectivity index (χ4v) is 5.46. The second-order valence-electron chi connectivity index (χ2n) is 9.94. The fourth-order valence-electron chi connectivity index (χ4n) is 3.73. The maximum absolute atomic E-state index is 14.8. The van der Waals surface area contributed by atoms with E-state index in [0.717, 1.165) is 33.2 Å². The van der Waals surface area contributed by atoms with Crippen LogP contribution >= 0.6 is 11.8 Å². The van der Waals surface area contributed by atoms with Crippen LogP contribution in [0.1, 0.15) is 28.7 Å². The van der Waals surface area contributed by atoms with Crippen molar-refractivity contribution >= 4 is 48.9 Å². The van der Waals surface area contributed by atoms with Gasteiger partial charge in [-0.15, -0.1) is 0 Å². The van der Waals surface area contributed by atoms with Gasteiger partial charge in [0, 0.05) is 31.2 Å². The number of halogens is 1. The van der Waals surface area contributed by atoms with Crippen LogP contribution in [0.3, 0.4) is 0 Å². The summed E-state index contributed by atoms with van der Waals surface area (Å²) in [5.41, 5.74) is 2.69. The number of carbonyl (C=O) groups is 1. The van der Waals surface area contributed by atoms with Crippen molar-refractivity contribution in [1.29, 1.82) is 0 Å². The molecule has 0 aliphatic carbocycles. The lowest BCUT2D eigenvalue weighted by atomic mass is 10.2. The molecule has 0 atom stereocenters. The number of carbonyl (C=O) groups excluding carboxylic acids is 1. The summed E-state index contributed by atoms with van der Waals surface area (Å²) in [6.45, 7) is 9.87. The summed E-state index contributed by atoms with van der Waals surface area (Å²) in [5, 5.41) is 5.74. The number of hydrogen-bond acceptors (Lipinski definition) is 6. The summed E-state index contributed by atoms with van der Waals surface area (Å²) in [5.74, 6) is -1.01. The second-order valence-corrected chi connectivity index (χ2v) is 16.6. The molecule has 0 radical (unpaired) electrons. The van der Waals surface area contributed by atoms with Crippen molar-refractivity contribution in [3.63, 3.8) is 0 Å². The fraction of sp³-hybridized carbons (Fsp3) is 0.276. The molecular formula is C29H32FN3O3SSi. The Balaban J connectivity index is 1.67. The first-order chi connectivity index (χ1) is 18.2. The molecule has 0 N–H and O–H groups in total. The van der Waals surface area contributed by atoms with Gasteiger partial charge in [-0.2, -0.15) is 5.10 Å². The molecule has 198 valence electrons. The molecule has 4 aromatic rings. The van der Waals surface area contributed by atoms with Crippen LogP contribution in [-0.2, 0) is 16.2 Å². The van der Waals surface area contributed by atoms with Crippen molar-refractivity contribution in [2.45, 2.75) is 49.1 Å². The van der Waals surface area contributed by atoms with Crippen molar-refractivity contribution in [1.82, 2.24) is 14.8 Å². The number of ether oxygens (including phenoxy) is 2. The molecule has 0 saturated heterocycles. The molecule has 0 amide bonds. The molecule has 0 unspecified atom stereocenters. The predicted octanol–water partition coefficient (Wildman–Crippen LogP) is 7.38. The summed E-state index contributed by atoms with van der Waals surface area (Å²) >= 11 is 1.19. The highest BCUT2D eigenvalue weighted by molar-refractivity contribution is 7.99. The molecule has 0 aliphatic heterocycles. The van der Waals surface area contributed by atoms with E-state index < -0.39 is 19.9 Å². The molecule has 38 heavy (non-hydrogen) atoms. The van der Waals surface area contributed by atoms with Crippen LogP contribution in [0.15, 0.2) is 70.6 Å². The first-order valence-corrected chi connectivity index (χ1v) is 17.1. The molecule has 0 saturated carbocycles. The average molecular weight is 550 g/mol. The van der Waals surface area contributed by atoms with E-state index in [1.54, 1.807) is 19.2 Å². The van der Waals surface area contributed by atoms with Gasteiger partial charge in [-0.3, -0.25) is 4.98 Å². The maximum Gasteiger partial charge on any atom is 0.339 e. The van der Waals surface area contributed by atoms with Gasteiger partial charge in [0.1, 0.15) is 12.5 Å². The van der Waals surface area contributed by atoms with Gasteiger partial charge in [-0.05, 0) is 67.6 Å². The molecule has 0 bridgehead atoms. The minimum atomic E-state index is -1.22. The average Bonchev–Trinajstić information content (AvgIpc) is 3.23. The van der Waals surface area contributed by atoms with Gasteiger partial charge < -0.3 is 9.47 Å². The van der Waals surface area contributed by atoms with Crippen molar-refractivity contribution in [3.05, 3.63) is 83.6 Å². The van der Waals surface area contributed by atoms with E-state index in [1.165, 1.54) is 23.9 Å². The number of pyridine rings is 1. The molecule has 2 aromatic carbocycles. The van der Waals surface area contributed by atoms with Crippen molar-refractivity contribution in [3.8, 4) is 0 Å². The highest BCUT2D eigenvalue weighted by atomic mass is 32.2. The number of esters is 1. The first-order valence-electron chi connectivity index (χ1n) is 12.6. The van der Waals surface area contributed by atoms with Crippen LogP contribution in [0.2, 0.25) is 25.7 Å². The number of fused-ring (bicyclic) bond motifs is 1. The van der Waals surface area contributed by atoms with Crippen LogP contribution in [0, 0.1) is 5.82 Å². The second kappa shape index (κ2) is 12.5. The monoisotopic (exact) mass is 549 g/mol. The Morgan fingerprint density at radius 3 is 2.68 bits per heavy atom. The summed E-state index contributed by atoms with van der Waals surface area (Å²) < 4.78 is 27.8. The number of benzene rings is 2. The van der Waals surface area contributed by atoms with E-state index in [4.69, 9.17) is 14.6 Å². The Kier molecular flexibility index (Phi) is 9.14. The third-order valence-corrected chi connectivity index (χ3v) is 8.56. The van der Waals surface area contributed by atoms with E-state index in [-0.39, 0.29) is 17.1 Å². The minimum Gasteiger partial charge on any atom is -0.462 e. The standard InChI is InChI=1S/C29H32FN3O3SSi/c1-5-36-29(34)24-10-8-11-25(30)28(24)37-22-13-14-23-26(15-12-21-9-6-7-16-31-21)32-33(27(23)19-22)20-35-17-18-38(2,3)4/h6-16,19H,5,17-18,20H2,1-4H3/b15-12+. The molecule has 4 rings (SSSR count). The summed E-state index contributed by atoms with van der Waals surface area (Å²) in [6, 6.07) is 17.1. The number of nitrogens with zero attached hydrogens (tertiary/aromatic N) is 3. The van der Waals surface area contributed by atoms with E-state index >= 15 is 0 Å². The van der Waals surface area contributed by atoms with Crippen LogP contribution in [0.5, 0.6) is 0 Å². The molecule has 0 fully saturated rings. The molecule has 0 aliphatic rings. The number of aromatic nitrogens is 3. The largest absolute Gasteiger partial charge is 0.462 e. The van der Waals surface area contributed by atoms with E-state index in [1.807, 2.05) is 53.2 Å². The van der Waals surface area contributed by atoms with Gasteiger partial charge in [0.2, 0.25) is 0 Å². The first kappa shape index (κ1) is 27.8. The minimum absolute atomic E-state index is 0.208. The van der Waals surface area contributed by atoms with Gasteiger partial charge in [0.15, 0.2) is 0 Å². The quantitative estimate of drug-likeness (QED) is 0.110. The molecule has 6 nitrogen and oxygen atoms in total. The van der Waals surface area contributed by atoms with E-state index in [2.05, 4.69) is 24.6 Å². The normalized spacial score (nSPS) is 11.9. The van der Waals surface area contributed by atoms with Gasteiger partial charge in [0.25, 0.3) is 0 Å². The summed E-state index contributed by atoms with van der Waals surface area (Å²) in [7, 11) is -1.22. The highest BCUT2D eigenvalue weighted by Gasteiger charge is 2.19. The predicted molar refractivity (Wildman–Crippen MR) is 153 cm³/mol. The summed E-state index contributed by atoms with van der Waals surface area (Å²) in [4.78, 5) is 17.8. The molecular weight excluding hydrogens is 517 g/mol. The van der Waals surface area contributed by atoms with Gasteiger partial charge in [-0.25, -0.2) is 13.9 Å². The maximum atomic E-state index is 14.8. The van der Waals surface area contributed by atoms with Crippen molar-refractivity contribution < 1.29 is 18.7 Å². The Morgan fingerprint density at radius 2 is 1.95 bits per heavy atom. The molecule has 0 spiro atoms. The zero-order valence-electron chi connectivity index (χ0n) is 22.1. The smallest absolute Gasteiger partial charge is 0.339 e. The van der Waals surface area contributed by atoms with Crippen molar-refractivity contribution in [2.24, 2.45) is 0 Å². The molecule has 2 heterocycles.